The minimum absolute atomic E-state index is 0.00563. The van der Waals surface area contributed by atoms with Gasteiger partial charge in [-0.1, -0.05) is 12.1 Å². The number of ether oxygens (including phenoxy) is 1. The molecule has 3 amide bonds. The van der Waals surface area contributed by atoms with Crippen molar-refractivity contribution in [2.75, 3.05) is 11.9 Å². The zero-order valence-electron chi connectivity index (χ0n) is 20.6. The van der Waals surface area contributed by atoms with Gasteiger partial charge in [0.1, 0.15) is 17.1 Å². The SMILES string of the molecule is O=C1COc2ccc(CNC(=O)c3cc(C(=O)N[C@H]4CCc5cc(C(=O)O)ccc54)nc4noc(=S)n34)cc2N1. The van der Waals surface area contributed by atoms with Gasteiger partial charge in [-0.2, -0.15) is 0 Å². The molecule has 0 fully saturated rings. The van der Waals surface area contributed by atoms with Crippen molar-refractivity contribution in [1.29, 1.82) is 0 Å². The highest BCUT2D eigenvalue weighted by molar-refractivity contribution is 7.71. The van der Waals surface area contributed by atoms with Crippen LogP contribution in [0.15, 0.2) is 47.0 Å². The molecular weight excluding hydrogens is 540 g/mol. The van der Waals surface area contributed by atoms with E-state index in [0.29, 0.717) is 29.8 Å². The third-order valence-corrected chi connectivity index (χ3v) is 6.95. The van der Waals surface area contributed by atoms with Gasteiger partial charge in [-0.15, -0.1) is 0 Å². The van der Waals surface area contributed by atoms with Crippen LogP contribution in [-0.4, -0.2) is 49.9 Å². The first-order chi connectivity index (χ1) is 19.3. The Bertz CT molecular complexity index is 1800. The molecule has 14 heteroatoms. The van der Waals surface area contributed by atoms with Gasteiger partial charge in [0, 0.05) is 6.54 Å². The molecule has 4 aromatic rings. The number of aromatic carboxylic acids is 1. The summed E-state index contributed by atoms with van der Waals surface area (Å²) in [6.07, 6.45) is 1.19. The van der Waals surface area contributed by atoms with E-state index >= 15 is 0 Å². The van der Waals surface area contributed by atoms with Crippen molar-refractivity contribution in [1.82, 2.24) is 25.2 Å². The molecule has 6 rings (SSSR count). The topological polar surface area (TPSA) is 177 Å². The Kier molecular flexibility index (Phi) is 6.23. The van der Waals surface area contributed by atoms with Crippen molar-refractivity contribution in [3.8, 4) is 5.75 Å². The number of hydrogen-bond donors (Lipinski definition) is 4. The van der Waals surface area contributed by atoms with E-state index in [1.54, 1.807) is 30.3 Å². The van der Waals surface area contributed by atoms with Crippen molar-refractivity contribution in [2.45, 2.75) is 25.4 Å². The number of rotatable bonds is 6. The van der Waals surface area contributed by atoms with Gasteiger partial charge in [-0.25, -0.2) is 14.2 Å². The van der Waals surface area contributed by atoms with Crippen LogP contribution >= 0.6 is 12.2 Å². The van der Waals surface area contributed by atoms with Crippen LogP contribution in [0.5, 0.6) is 5.75 Å². The molecule has 2 aromatic heterocycles. The second kappa shape index (κ2) is 9.89. The van der Waals surface area contributed by atoms with Crippen molar-refractivity contribution < 1.29 is 33.5 Å². The standard InChI is InChI=1S/C26H20N6O7S/c33-21-11-38-20-6-1-12(7-17(20)28-21)10-27-23(35)19-9-18(30-25-31-39-26(40)32(19)25)22(34)29-16-5-3-13-8-14(24(36)37)2-4-15(13)16/h1-2,4,6-9,16H,3,5,10-11H2,(H,27,35)(H,28,33)(H,29,34)(H,36,37)/t16-/m0/s1. The van der Waals surface area contributed by atoms with Crippen LogP contribution in [-0.2, 0) is 17.8 Å². The van der Waals surface area contributed by atoms with E-state index in [-0.39, 0.29) is 52.7 Å². The second-order valence-electron chi connectivity index (χ2n) is 9.24. The minimum Gasteiger partial charge on any atom is -0.482 e. The van der Waals surface area contributed by atoms with Crippen molar-refractivity contribution >= 4 is 47.4 Å². The summed E-state index contributed by atoms with van der Waals surface area (Å²) in [7, 11) is 0. The van der Waals surface area contributed by atoms with Gasteiger partial charge in [-0.05, 0) is 77.2 Å². The molecule has 202 valence electrons. The van der Waals surface area contributed by atoms with Gasteiger partial charge in [0.15, 0.2) is 6.61 Å². The number of carboxylic acid groups (broad SMARTS) is 1. The van der Waals surface area contributed by atoms with Crippen LogP contribution in [0.1, 0.15) is 60.5 Å². The second-order valence-corrected chi connectivity index (χ2v) is 9.59. The third kappa shape index (κ3) is 4.64. The zero-order valence-corrected chi connectivity index (χ0v) is 21.4. The lowest BCUT2D eigenvalue weighted by molar-refractivity contribution is -0.118. The summed E-state index contributed by atoms with van der Waals surface area (Å²) >= 11 is 5.16. The smallest absolute Gasteiger partial charge is 0.335 e. The normalized spacial score (nSPS) is 15.5. The summed E-state index contributed by atoms with van der Waals surface area (Å²) in [6.45, 7) is 0.0401. The van der Waals surface area contributed by atoms with Crippen LogP contribution in [0.4, 0.5) is 5.69 Å². The maximum atomic E-state index is 13.2. The number of nitrogens with one attached hydrogen (secondary N) is 3. The number of hydrogen-bond acceptors (Lipinski definition) is 9. The Morgan fingerprint density at radius 3 is 2.83 bits per heavy atom. The molecular formula is C26H20N6O7S. The quantitative estimate of drug-likeness (QED) is 0.256. The molecule has 40 heavy (non-hydrogen) atoms. The van der Waals surface area contributed by atoms with Crippen LogP contribution < -0.4 is 20.7 Å². The molecule has 0 spiro atoms. The number of carbonyl (C=O) groups excluding carboxylic acids is 3. The molecule has 1 aliphatic heterocycles. The molecule has 0 saturated heterocycles. The van der Waals surface area contributed by atoms with Crippen LogP contribution in [0.25, 0.3) is 5.78 Å². The molecule has 2 aliphatic rings. The first kappa shape index (κ1) is 25.2. The molecule has 0 bridgehead atoms. The molecule has 13 nitrogen and oxygen atoms in total. The number of carboxylic acids is 1. The molecule has 3 heterocycles. The van der Waals surface area contributed by atoms with E-state index in [1.165, 1.54) is 16.5 Å². The summed E-state index contributed by atoms with van der Waals surface area (Å²) in [6, 6.07) is 10.9. The summed E-state index contributed by atoms with van der Waals surface area (Å²) in [5.41, 5.74) is 2.98. The Morgan fingerprint density at radius 1 is 1.15 bits per heavy atom. The predicted octanol–water partition coefficient (Wildman–Crippen LogP) is 2.43. The Hall–Kier alpha value is -5.11. The number of benzene rings is 2. The van der Waals surface area contributed by atoms with Gasteiger partial charge in [0.25, 0.3) is 23.5 Å². The fraction of sp³-hybridized carbons (Fsp3) is 0.192. The number of amides is 3. The van der Waals surface area contributed by atoms with E-state index in [1.807, 2.05) is 0 Å². The van der Waals surface area contributed by atoms with Gasteiger partial charge < -0.3 is 30.3 Å². The predicted molar refractivity (Wildman–Crippen MR) is 140 cm³/mol. The van der Waals surface area contributed by atoms with E-state index in [0.717, 1.165) is 11.1 Å². The van der Waals surface area contributed by atoms with E-state index < -0.39 is 17.8 Å². The van der Waals surface area contributed by atoms with Crippen LogP contribution in [0.3, 0.4) is 0 Å². The first-order valence-corrected chi connectivity index (χ1v) is 12.6. The molecule has 4 N–H and O–H groups in total. The summed E-state index contributed by atoms with van der Waals surface area (Å²) in [5, 5.41) is 21.4. The molecule has 1 aliphatic carbocycles. The maximum Gasteiger partial charge on any atom is 0.335 e. The molecule has 1 atom stereocenters. The average Bonchev–Trinajstić information content (AvgIpc) is 3.53. The van der Waals surface area contributed by atoms with E-state index in [2.05, 4.69) is 26.1 Å². The molecule has 2 aromatic carbocycles. The average molecular weight is 561 g/mol. The van der Waals surface area contributed by atoms with Crippen molar-refractivity contribution in [2.24, 2.45) is 0 Å². The first-order valence-electron chi connectivity index (χ1n) is 12.2. The Morgan fingerprint density at radius 2 is 2.00 bits per heavy atom. The fourth-order valence-electron chi connectivity index (χ4n) is 4.78. The third-order valence-electron chi connectivity index (χ3n) is 6.69. The van der Waals surface area contributed by atoms with Crippen LogP contribution in [0.2, 0.25) is 0 Å². The van der Waals surface area contributed by atoms with Gasteiger partial charge in [0.05, 0.1) is 17.3 Å². The monoisotopic (exact) mass is 560 g/mol. The number of aromatic nitrogens is 3. The van der Waals surface area contributed by atoms with E-state index in [9.17, 15) is 24.3 Å². The molecule has 0 saturated carbocycles. The minimum atomic E-state index is -1.02. The lowest BCUT2D eigenvalue weighted by atomic mass is 10.0. The number of fused-ring (bicyclic) bond motifs is 3. The van der Waals surface area contributed by atoms with E-state index in [4.69, 9.17) is 21.5 Å². The lowest BCUT2D eigenvalue weighted by Crippen LogP contribution is -2.30. The Balaban J connectivity index is 1.23. The number of carbonyl (C=O) groups is 4. The number of anilines is 1. The summed E-state index contributed by atoms with van der Waals surface area (Å²) < 4.78 is 11.6. The maximum absolute atomic E-state index is 13.2. The van der Waals surface area contributed by atoms with Gasteiger partial charge in [-0.3, -0.25) is 14.4 Å². The summed E-state index contributed by atoms with van der Waals surface area (Å²) in [5.74, 6) is -1.93. The lowest BCUT2D eigenvalue weighted by Gasteiger charge is -2.18. The number of nitrogens with zero attached hydrogens (tertiary/aromatic N) is 3. The molecule has 0 radical (unpaired) electrons. The fourth-order valence-corrected chi connectivity index (χ4v) is 5.00. The van der Waals surface area contributed by atoms with Crippen molar-refractivity contribution in [3.63, 3.8) is 0 Å². The Labute approximate surface area is 230 Å². The largest absolute Gasteiger partial charge is 0.482 e. The molecule has 0 unspecified atom stereocenters. The summed E-state index contributed by atoms with van der Waals surface area (Å²) in [4.78, 5) is 53.5. The van der Waals surface area contributed by atoms with Gasteiger partial charge >= 0.3 is 10.8 Å². The van der Waals surface area contributed by atoms with Crippen LogP contribution in [0, 0.1) is 4.84 Å². The highest BCUT2D eigenvalue weighted by atomic mass is 32.1. The van der Waals surface area contributed by atoms with Gasteiger partial charge in [0.2, 0.25) is 0 Å². The number of aryl methyl sites for hydroxylation is 1. The van der Waals surface area contributed by atoms with Crippen molar-refractivity contribution in [3.05, 3.63) is 80.9 Å². The zero-order chi connectivity index (χ0) is 28.0. The highest BCUT2D eigenvalue weighted by Gasteiger charge is 2.27. The highest BCUT2D eigenvalue weighted by Crippen LogP contribution is 2.32.